The van der Waals surface area contributed by atoms with Gasteiger partial charge in [0.25, 0.3) is 0 Å². The van der Waals surface area contributed by atoms with Crippen LogP contribution >= 0.6 is 0 Å². The molecule has 1 heteroatoms. The molecule has 0 saturated heterocycles. The van der Waals surface area contributed by atoms with Crippen molar-refractivity contribution in [3.63, 3.8) is 0 Å². The highest BCUT2D eigenvalue weighted by Gasteiger charge is 2.36. The summed E-state index contributed by atoms with van der Waals surface area (Å²) in [6, 6.07) is 0. The molecule has 0 aromatic rings. The summed E-state index contributed by atoms with van der Waals surface area (Å²) in [6.07, 6.45) is 13.9. The van der Waals surface area contributed by atoms with Gasteiger partial charge in [-0.05, 0) is 31.6 Å². The van der Waals surface area contributed by atoms with Crippen molar-refractivity contribution < 1.29 is 0 Å². The van der Waals surface area contributed by atoms with Crippen molar-refractivity contribution in [1.82, 2.24) is 0 Å². The normalized spacial score (nSPS) is 30.2. The lowest BCUT2D eigenvalue weighted by molar-refractivity contribution is 0.242. The summed E-state index contributed by atoms with van der Waals surface area (Å²) < 4.78 is 0. The van der Waals surface area contributed by atoms with Crippen LogP contribution in [-0.2, 0) is 0 Å². The van der Waals surface area contributed by atoms with Gasteiger partial charge >= 0.3 is 0 Å². The Labute approximate surface area is 82.1 Å². The molecule has 0 atom stereocenters. The highest BCUT2D eigenvalue weighted by Crippen LogP contribution is 2.39. The first-order valence-corrected chi connectivity index (χ1v) is 6.10. The molecule has 0 aliphatic heterocycles. The van der Waals surface area contributed by atoms with Crippen molar-refractivity contribution in [3.05, 3.63) is 0 Å². The van der Waals surface area contributed by atoms with Gasteiger partial charge in [-0.25, -0.2) is 0 Å². The molecule has 0 amide bonds. The largest absolute Gasteiger partial charge is 0.325 e. The first-order valence-electron chi connectivity index (χ1n) is 6.10. The summed E-state index contributed by atoms with van der Waals surface area (Å²) in [5, 5.41) is 0. The number of hydrogen-bond acceptors (Lipinski definition) is 1. The van der Waals surface area contributed by atoms with Crippen molar-refractivity contribution in [3.8, 4) is 0 Å². The molecule has 0 radical (unpaired) electrons. The highest BCUT2D eigenvalue weighted by atomic mass is 14.8. The van der Waals surface area contributed by atoms with Gasteiger partial charge in [0, 0.05) is 5.54 Å². The second-order valence-electron chi connectivity index (χ2n) is 5.13. The van der Waals surface area contributed by atoms with Crippen molar-refractivity contribution in [1.29, 1.82) is 0 Å². The van der Waals surface area contributed by atoms with E-state index in [1.807, 2.05) is 0 Å². The van der Waals surface area contributed by atoms with Crippen molar-refractivity contribution in [2.24, 2.45) is 11.7 Å². The second-order valence-corrected chi connectivity index (χ2v) is 5.13. The lowest BCUT2D eigenvalue weighted by atomic mass is 9.78. The van der Waals surface area contributed by atoms with Gasteiger partial charge in [0.2, 0.25) is 0 Å². The van der Waals surface area contributed by atoms with Crippen molar-refractivity contribution in [2.45, 2.75) is 69.7 Å². The predicted molar refractivity (Wildman–Crippen MR) is 56.6 cm³/mol. The quantitative estimate of drug-likeness (QED) is 0.617. The Bertz CT molecular complexity index is 151. The first-order chi connectivity index (χ1) is 6.31. The third kappa shape index (κ3) is 2.07. The Kier molecular flexibility index (Phi) is 2.92. The monoisotopic (exact) mass is 181 g/mol. The van der Waals surface area contributed by atoms with Gasteiger partial charge in [-0.2, -0.15) is 0 Å². The topological polar surface area (TPSA) is 26.0 Å². The molecule has 0 bridgehead atoms. The molecule has 0 heterocycles. The molecule has 2 saturated carbocycles. The molecule has 2 N–H and O–H groups in total. The first kappa shape index (κ1) is 9.51. The zero-order valence-electron chi connectivity index (χ0n) is 8.73. The highest BCUT2D eigenvalue weighted by molar-refractivity contribution is 4.94. The molecule has 0 spiro atoms. The van der Waals surface area contributed by atoms with Crippen LogP contribution in [0.15, 0.2) is 0 Å². The average molecular weight is 181 g/mol. The Morgan fingerprint density at radius 2 is 1.31 bits per heavy atom. The molecule has 0 aromatic heterocycles. The molecule has 2 aliphatic rings. The van der Waals surface area contributed by atoms with Crippen LogP contribution < -0.4 is 5.73 Å². The second kappa shape index (κ2) is 4.00. The smallest absolute Gasteiger partial charge is 0.0182 e. The molecule has 2 aliphatic carbocycles. The molecular formula is C12H23N. The third-order valence-corrected chi connectivity index (χ3v) is 4.20. The molecule has 2 fully saturated rings. The summed E-state index contributed by atoms with van der Waals surface area (Å²) in [4.78, 5) is 0. The van der Waals surface area contributed by atoms with Gasteiger partial charge in [0.15, 0.2) is 0 Å². The van der Waals surface area contributed by atoms with Gasteiger partial charge in [-0.15, -0.1) is 0 Å². The van der Waals surface area contributed by atoms with Crippen LogP contribution in [0.2, 0.25) is 0 Å². The van der Waals surface area contributed by atoms with Crippen molar-refractivity contribution in [2.75, 3.05) is 0 Å². The van der Waals surface area contributed by atoms with E-state index < -0.39 is 0 Å². The Morgan fingerprint density at radius 1 is 0.769 bits per heavy atom. The molecule has 0 aromatic carbocycles. The van der Waals surface area contributed by atoms with Crippen LogP contribution in [0.4, 0.5) is 0 Å². The number of rotatable bonds is 1. The minimum atomic E-state index is 0.243. The van der Waals surface area contributed by atoms with E-state index in [4.69, 9.17) is 5.73 Å². The van der Waals surface area contributed by atoms with Crippen LogP contribution in [0.3, 0.4) is 0 Å². The van der Waals surface area contributed by atoms with Gasteiger partial charge in [0.05, 0.1) is 0 Å². The fourth-order valence-corrected chi connectivity index (χ4v) is 3.30. The van der Waals surface area contributed by atoms with E-state index in [2.05, 4.69) is 0 Å². The maximum atomic E-state index is 6.56. The molecular weight excluding hydrogens is 158 g/mol. The van der Waals surface area contributed by atoms with Gasteiger partial charge in [0.1, 0.15) is 0 Å². The SMILES string of the molecule is NC1(C2CCCC2)CCCCCC1. The number of nitrogens with two attached hydrogens (primary N) is 1. The summed E-state index contributed by atoms with van der Waals surface area (Å²) >= 11 is 0. The van der Waals surface area contributed by atoms with Crippen molar-refractivity contribution >= 4 is 0 Å². The molecule has 76 valence electrons. The van der Waals surface area contributed by atoms with Gasteiger partial charge in [-0.3, -0.25) is 0 Å². The van der Waals surface area contributed by atoms with Crippen LogP contribution in [-0.4, -0.2) is 5.54 Å². The summed E-state index contributed by atoms with van der Waals surface area (Å²) in [5.41, 5.74) is 6.81. The fourth-order valence-electron chi connectivity index (χ4n) is 3.30. The van der Waals surface area contributed by atoms with E-state index in [0.29, 0.717) is 0 Å². The lowest BCUT2D eigenvalue weighted by Crippen LogP contribution is -2.45. The van der Waals surface area contributed by atoms with E-state index in [0.717, 1.165) is 5.92 Å². The Morgan fingerprint density at radius 3 is 1.85 bits per heavy atom. The van der Waals surface area contributed by atoms with E-state index in [9.17, 15) is 0 Å². The van der Waals surface area contributed by atoms with E-state index in [-0.39, 0.29) is 5.54 Å². The van der Waals surface area contributed by atoms with Gasteiger partial charge < -0.3 is 5.73 Å². The summed E-state index contributed by atoms with van der Waals surface area (Å²) in [7, 11) is 0. The zero-order chi connectivity index (χ0) is 9.15. The van der Waals surface area contributed by atoms with Gasteiger partial charge in [-0.1, -0.05) is 38.5 Å². The van der Waals surface area contributed by atoms with E-state index in [1.165, 1.54) is 64.2 Å². The van der Waals surface area contributed by atoms with E-state index >= 15 is 0 Å². The Balaban J connectivity index is 1.98. The maximum Gasteiger partial charge on any atom is 0.0182 e. The third-order valence-electron chi connectivity index (χ3n) is 4.20. The summed E-state index contributed by atoms with van der Waals surface area (Å²) in [6.45, 7) is 0. The summed E-state index contributed by atoms with van der Waals surface area (Å²) in [5.74, 6) is 0.866. The molecule has 2 rings (SSSR count). The van der Waals surface area contributed by atoms with Crippen LogP contribution in [0.1, 0.15) is 64.2 Å². The average Bonchev–Trinajstić information content (AvgIpc) is 2.57. The Hall–Kier alpha value is -0.0400. The molecule has 13 heavy (non-hydrogen) atoms. The standard InChI is InChI=1S/C12H23N/c13-12(11-7-3-4-8-11)9-5-1-2-6-10-12/h11H,1-10,13H2. The van der Waals surface area contributed by atoms with Crippen LogP contribution in [0, 0.1) is 5.92 Å². The lowest BCUT2D eigenvalue weighted by Gasteiger charge is -2.34. The zero-order valence-corrected chi connectivity index (χ0v) is 8.73. The fraction of sp³-hybridized carbons (Fsp3) is 1.00. The molecule has 1 nitrogen and oxygen atoms in total. The maximum absolute atomic E-state index is 6.56. The van der Waals surface area contributed by atoms with Crippen LogP contribution in [0.25, 0.3) is 0 Å². The van der Waals surface area contributed by atoms with Crippen LogP contribution in [0.5, 0.6) is 0 Å². The number of hydrogen-bond donors (Lipinski definition) is 1. The molecule has 0 unspecified atom stereocenters. The predicted octanol–water partition coefficient (Wildman–Crippen LogP) is 3.23. The minimum Gasteiger partial charge on any atom is -0.325 e. The van der Waals surface area contributed by atoms with E-state index in [1.54, 1.807) is 0 Å². The minimum absolute atomic E-state index is 0.243.